The Hall–Kier alpha value is -3.68. The van der Waals surface area contributed by atoms with Crippen LogP contribution in [0.4, 0.5) is 5.82 Å². The van der Waals surface area contributed by atoms with Crippen LogP contribution >= 0.6 is 0 Å². The number of anilines is 1. The molecule has 3 aromatic heterocycles. The van der Waals surface area contributed by atoms with Crippen molar-refractivity contribution in [2.75, 3.05) is 5.32 Å². The number of benzene rings is 1. The fourth-order valence-electron chi connectivity index (χ4n) is 3.21. The Morgan fingerprint density at radius 1 is 0.966 bits per heavy atom. The lowest BCUT2D eigenvalue weighted by molar-refractivity contribution is 0.102. The highest BCUT2D eigenvalue weighted by Gasteiger charge is 2.12. The molecule has 0 unspecified atom stereocenters. The maximum absolute atomic E-state index is 12.5. The maximum atomic E-state index is 12.5. The Bertz CT molecular complexity index is 1150. The predicted molar refractivity (Wildman–Crippen MR) is 110 cm³/mol. The van der Waals surface area contributed by atoms with Gasteiger partial charge in [-0.1, -0.05) is 29.8 Å². The molecule has 4 aromatic rings. The molecule has 0 saturated heterocycles. The number of nitrogens with zero attached hydrogens (tertiary/aromatic N) is 6. The van der Waals surface area contributed by atoms with E-state index in [1.807, 2.05) is 36.9 Å². The van der Waals surface area contributed by atoms with Crippen molar-refractivity contribution in [3.8, 4) is 0 Å². The summed E-state index contributed by atoms with van der Waals surface area (Å²) in [6.45, 7) is 7.10. The lowest BCUT2D eigenvalue weighted by Gasteiger charge is -2.04. The fourth-order valence-corrected chi connectivity index (χ4v) is 3.21. The second-order valence-electron chi connectivity index (χ2n) is 7.15. The molecule has 0 spiro atoms. The molecule has 0 aliphatic heterocycles. The van der Waals surface area contributed by atoms with Gasteiger partial charge >= 0.3 is 0 Å². The van der Waals surface area contributed by atoms with Crippen molar-refractivity contribution in [1.29, 1.82) is 0 Å². The van der Waals surface area contributed by atoms with Crippen molar-refractivity contribution in [2.24, 2.45) is 0 Å². The third-order valence-corrected chi connectivity index (χ3v) is 4.56. The number of amides is 1. The zero-order chi connectivity index (χ0) is 20.4. The van der Waals surface area contributed by atoms with Gasteiger partial charge in [0, 0.05) is 24.2 Å². The molecule has 29 heavy (non-hydrogen) atoms. The van der Waals surface area contributed by atoms with Gasteiger partial charge in [0.15, 0.2) is 11.5 Å². The van der Waals surface area contributed by atoms with Gasteiger partial charge in [-0.2, -0.15) is 15.3 Å². The summed E-state index contributed by atoms with van der Waals surface area (Å²) >= 11 is 0. The van der Waals surface area contributed by atoms with Gasteiger partial charge in [-0.15, -0.1) is 0 Å². The van der Waals surface area contributed by atoms with E-state index in [1.165, 1.54) is 5.56 Å². The van der Waals surface area contributed by atoms with E-state index in [0.717, 1.165) is 17.0 Å². The molecule has 0 saturated carbocycles. The highest BCUT2D eigenvalue weighted by atomic mass is 16.2. The molecule has 0 bridgehead atoms. The molecule has 0 atom stereocenters. The van der Waals surface area contributed by atoms with Crippen LogP contribution in [0.15, 0.2) is 54.9 Å². The van der Waals surface area contributed by atoms with Gasteiger partial charge in [0.2, 0.25) is 0 Å². The van der Waals surface area contributed by atoms with Crippen LogP contribution < -0.4 is 5.32 Å². The molecule has 0 aliphatic rings. The van der Waals surface area contributed by atoms with E-state index in [0.29, 0.717) is 24.7 Å². The van der Waals surface area contributed by atoms with Gasteiger partial charge in [0.05, 0.1) is 12.2 Å². The Labute approximate surface area is 168 Å². The number of aromatic nitrogens is 6. The molecule has 8 heteroatoms. The topological polar surface area (TPSA) is 82.6 Å². The zero-order valence-electron chi connectivity index (χ0n) is 16.7. The van der Waals surface area contributed by atoms with Gasteiger partial charge in [-0.25, -0.2) is 4.68 Å². The van der Waals surface area contributed by atoms with Gasteiger partial charge in [-0.05, 0) is 38.5 Å². The summed E-state index contributed by atoms with van der Waals surface area (Å²) in [6, 6.07) is 13.7. The summed E-state index contributed by atoms with van der Waals surface area (Å²) in [7, 11) is 0. The molecule has 8 nitrogen and oxygen atoms in total. The minimum atomic E-state index is -0.294. The molecule has 1 amide bonds. The van der Waals surface area contributed by atoms with Crippen molar-refractivity contribution >= 4 is 11.7 Å². The molecule has 148 valence electrons. The maximum Gasteiger partial charge on any atom is 0.277 e. The standard InChI is InChI=1S/C21H23N7O/c1-15-5-4-6-18(11-15)13-26-10-8-20(25-26)22-21(29)19-7-9-27(24-19)14-28-17(3)12-16(2)23-28/h4-12H,13-14H2,1-3H3,(H,22,25,29). The van der Waals surface area contributed by atoms with Crippen LogP contribution in [0, 0.1) is 20.8 Å². The van der Waals surface area contributed by atoms with Crippen molar-refractivity contribution < 1.29 is 4.79 Å². The first-order valence-corrected chi connectivity index (χ1v) is 9.41. The number of aryl methyl sites for hydroxylation is 3. The second kappa shape index (κ2) is 7.75. The van der Waals surface area contributed by atoms with Crippen molar-refractivity contribution in [3.05, 3.63) is 83.1 Å². The molecule has 0 fully saturated rings. The summed E-state index contributed by atoms with van der Waals surface area (Å²) in [5.41, 5.74) is 4.70. The highest BCUT2D eigenvalue weighted by molar-refractivity contribution is 6.02. The smallest absolute Gasteiger partial charge is 0.277 e. The normalized spacial score (nSPS) is 11.0. The predicted octanol–water partition coefficient (Wildman–Crippen LogP) is 3.01. The lowest BCUT2D eigenvalue weighted by atomic mass is 10.1. The monoisotopic (exact) mass is 389 g/mol. The van der Waals surface area contributed by atoms with Crippen LogP contribution in [0.3, 0.4) is 0 Å². The number of hydrogen-bond acceptors (Lipinski definition) is 4. The minimum absolute atomic E-state index is 0.294. The third-order valence-electron chi connectivity index (χ3n) is 4.56. The van der Waals surface area contributed by atoms with E-state index in [2.05, 4.69) is 45.7 Å². The van der Waals surface area contributed by atoms with E-state index < -0.39 is 0 Å². The van der Waals surface area contributed by atoms with Crippen LogP contribution in [0.2, 0.25) is 0 Å². The second-order valence-corrected chi connectivity index (χ2v) is 7.15. The van der Waals surface area contributed by atoms with Crippen molar-refractivity contribution in [2.45, 2.75) is 34.0 Å². The van der Waals surface area contributed by atoms with E-state index in [4.69, 9.17) is 0 Å². The first-order valence-electron chi connectivity index (χ1n) is 9.41. The van der Waals surface area contributed by atoms with Crippen LogP contribution in [-0.2, 0) is 13.2 Å². The Morgan fingerprint density at radius 3 is 2.55 bits per heavy atom. The highest BCUT2D eigenvalue weighted by Crippen LogP contribution is 2.10. The molecule has 1 N–H and O–H groups in total. The number of hydrogen-bond donors (Lipinski definition) is 1. The quantitative estimate of drug-likeness (QED) is 0.550. The molecule has 1 aromatic carbocycles. The summed E-state index contributed by atoms with van der Waals surface area (Å²) < 4.78 is 5.33. The summed E-state index contributed by atoms with van der Waals surface area (Å²) in [6.07, 6.45) is 3.61. The Morgan fingerprint density at radius 2 is 1.79 bits per heavy atom. The average Bonchev–Trinajstić information content (AvgIpc) is 3.37. The van der Waals surface area contributed by atoms with Crippen LogP contribution in [0.25, 0.3) is 0 Å². The van der Waals surface area contributed by atoms with Gasteiger partial charge < -0.3 is 5.32 Å². The lowest BCUT2D eigenvalue weighted by Crippen LogP contribution is -2.16. The Kier molecular flexibility index (Phi) is 4.99. The van der Waals surface area contributed by atoms with Crippen molar-refractivity contribution in [1.82, 2.24) is 29.3 Å². The van der Waals surface area contributed by atoms with Gasteiger partial charge in [0.1, 0.15) is 6.67 Å². The average molecular weight is 389 g/mol. The zero-order valence-corrected chi connectivity index (χ0v) is 16.7. The number of rotatable bonds is 6. The molecule has 3 heterocycles. The van der Waals surface area contributed by atoms with E-state index in [1.54, 1.807) is 27.7 Å². The number of nitrogens with one attached hydrogen (secondary N) is 1. The van der Waals surface area contributed by atoms with Crippen LogP contribution in [0.1, 0.15) is 33.0 Å². The number of carbonyl (C=O) groups is 1. The molecular formula is C21H23N7O. The first kappa shape index (κ1) is 18.7. The SMILES string of the molecule is Cc1cccc(Cn2ccc(NC(=O)c3ccn(Cn4nc(C)cc4C)n3)n2)c1. The summed E-state index contributed by atoms with van der Waals surface area (Å²) in [4.78, 5) is 12.5. The van der Waals surface area contributed by atoms with Crippen molar-refractivity contribution in [3.63, 3.8) is 0 Å². The fraction of sp³-hybridized carbons (Fsp3) is 0.238. The summed E-state index contributed by atoms with van der Waals surface area (Å²) in [5, 5.41) is 16.0. The van der Waals surface area contributed by atoms with E-state index in [-0.39, 0.29) is 5.91 Å². The molecule has 4 rings (SSSR count). The minimum Gasteiger partial charge on any atom is -0.304 e. The van der Waals surface area contributed by atoms with Crippen LogP contribution in [0.5, 0.6) is 0 Å². The first-order chi connectivity index (χ1) is 14.0. The van der Waals surface area contributed by atoms with Gasteiger partial charge in [0.25, 0.3) is 5.91 Å². The van der Waals surface area contributed by atoms with E-state index >= 15 is 0 Å². The third kappa shape index (κ3) is 4.43. The molecule has 0 aliphatic carbocycles. The summed E-state index contributed by atoms with van der Waals surface area (Å²) in [5.74, 6) is 0.202. The molecule has 0 radical (unpaired) electrons. The Balaban J connectivity index is 1.39. The largest absolute Gasteiger partial charge is 0.304 e. The van der Waals surface area contributed by atoms with E-state index in [9.17, 15) is 4.79 Å². The van der Waals surface area contributed by atoms with Crippen LogP contribution in [-0.4, -0.2) is 35.2 Å². The molecular weight excluding hydrogens is 366 g/mol. The van der Waals surface area contributed by atoms with Gasteiger partial charge in [-0.3, -0.25) is 14.2 Å². The number of carbonyl (C=O) groups excluding carboxylic acids is 1.